The Labute approximate surface area is 176 Å². The van der Waals surface area contributed by atoms with Crippen molar-refractivity contribution >= 4 is 29.3 Å². The average Bonchev–Trinajstić information content (AvgIpc) is 3.36. The third-order valence-corrected chi connectivity index (χ3v) is 6.47. The van der Waals surface area contributed by atoms with Crippen molar-refractivity contribution in [1.29, 1.82) is 0 Å². The zero-order valence-corrected chi connectivity index (χ0v) is 17.5. The molecule has 3 unspecified atom stereocenters. The number of nitrogens with two attached hydrogens (primary N) is 1. The molecule has 1 amide bonds. The number of rotatable bonds is 2. The molecule has 6 nitrogen and oxygen atoms in total. The van der Waals surface area contributed by atoms with E-state index in [1.165, 1.54) is 0 Å². The second-order valence-electron chi connectivity index (χ2n) is 8.20. The van der Waals surface area contributed by atoms with Crippen molar-refractivity contribution in [3.63, 3.8) is 0 Å². The number of aryl methyl sites for hydroxylation is 2. The van der Waals surface area contributed by atoms with Crippen molar-refractivity contribution in [2.24, 2.45) is 24.6 Å². The van der Waals surface area contributed by atoms with Crippen LogP contribution in [0, 0.1) is 18.8 Å². The van der Waals surface area contributed by atoms with Crippen LogP contribution in [0.5, 0.6) is 0 Å². The molecule has 2 N–H and O–H groups in total. The number of hydrogen-bond donors (Lipinski definition) is 1. The van der Waals surface area contributed by atoms with Crippen LogP contribution in [0.3, 0.4) is 0 Å². The molecule has 1 aliphatic carbocycles. The number of benzene rings is 1. The van der Waals surface area contributed by atoms with Crippen molar-refractivity contribution in [2.45, 2.75) is 25.8 Å². The highest BCUT2D eigenvalue weighted by Crippen LogP contribution is 2.38. The van der Waals surface area contributed by atoms with Crippen LogP contribution in [-0.4, -0.2) is 44.7 Å². The predicted molar refractivity (Wildman–Crippen MR) is 116 cm³/mol. The lowest BCUT2D eigenvalue weighted by molar-refractivity contribution is 0.0781. The topological polar surface area (TPSA) is 77.0 Å². The second kappa shape index (κ2) is 7.43. The van der Waals surface area contributed by atoms with Crippen LogP contribution in [0.2, 0.25) is 0 Å². The van der Waals surface area contributed by atoms with Gasteiger partial charge in [-0.15, -0.1) is 12.4 Å². The number of carbonyl (C=O) groups excluding carboxylic acids is 1. The highest BCUT2D eigenvalue weighted by Gasteiger charge is 2.43. The Morgan fingerprint density at radius 3 is 2.66 bits per heavy atom. The average molecular weight is 412 g/mol. The summed E-state index contributed by atoms with van der Waals surface area (Å²) in [5.74, 6) is 1.05. The zero-order valence-electron chi connectivity index (χ0n) is 16.7. The van der Waals surface area contributed by atoms with Crippen molar-refractivity contribution in [3.05, 3.63) is 47.7 Å². The Morgan fingerprint density at radius 1 is 1.17 bits per heavy atom. The van der Waals surface area contributed by atoms with Gasteiger partial charge in [-0.05, 0) is 37.7 Å². The summed E-state index contributed by atoms with van der Waals surface area (Å²) < 4.78 is 1.77. The summed E-state index contributed by atoms with van der Waals surface area (Å²) in [6.45, 7) is 3.51. The standard InChI is InChI=1S/C22H25N5O.ClH/c1-13-20-16(22(28)27-11-15-8-9-18(23)17(15)12-27)10-19(14-6-4-3-5-7-14)24-21(20)26(2)25-13;/h3-7,10,15,17-18H,8-9,11-12,23H2,1-2H3;1H. The third-order valence-electron chi connectivity index (χ3n) is 6.47. The van der Waals surface area contributed by atoms with E-state index in [9.17, 15) is 4.79 Å². The van der Waals surface area contributed by atoms with Gasteiger partial charge < -0.3 is 10.6 Å². The summed E-state index contributed by atoms with van der Waals surface area (Å²) in [5, 5.41) is 5.38. The SMILES string of the molecule is Cc1nn(C)c2nc(-c3ccccc3)cc(C(=O)N3CC4CCC(N)C4C3)c12.Cl. The van der Waals surface area contributed by atoms with Gasteiger partial charge in [0.15, 0.2) is 5.65 Å². The molecule has 5 rings (SSSR count). The Hall–Kier alpha value is -2.44. The number of aromatic nitrogens is 3. The molecule has 0 bridgehead atoms. The Kier molecular flexibility index (Phi) is 5.09. The first kappa shape index (κ1) is 19.9. The first-order chi connectivity index (χ1) is 13.5. The van der Waals surface area contributed by atoms with Crippen LogP contribution in [0.4, 0.5) is 0 Å². The van der Waals surface area contributed by atoms with Gasteiger partial charge in [0.1, 0.15) is 0 Å². The van der Waals surface area contributed by atoms with Crippen molar-refractivity contribution in [2.75, 3.05) is 13.1 Å². The summed E-state index contributed by atoms with van der Waals surface area (Å²) in [6.07, 6.45) is 2.21. The minimum atomic E-state index is 0. The number of likely N-dealkylation sites (tertiary alicyclic amines) is 1. The lowest BCUT2D eigenvalue weighted by Crippen LogP contribution is -2.33. The first-order valence-electron chi connectivity index (χ1n) is 9.97. The Morgan fingerprint density at radius 2 is 1.93 bits per heavy atom. The van der Waals surface area contributed by atoms with E-state index in [2.05, 4.69) is 5.10 Å². The first-order valence-corrected chi connectivity index (χ1v) is 9.97. The van der Waals surface area contributed by atoms with E-state index in [0.29, 0.717) is 17.4 Å². The van der Waals surface area contributed by atoms with Crippen LogP contribution in [0.1, 0.15) is 28.9 Å². The summed E-state index contributed by atoms with van der Waals surface area (Å²) in [6, 6.07) is 12.1. The third kappa shape index (κ3) is 3.20. The lowest BCUT2D eigenvalue weighted by atomic mass is 9.98. The molecule has 1 saturated carbocycles. The Bertz CT molecular complexity index is 1060. The predicted octanol–water partition coefficient (Wildman–Crippen LogP) is 3.17. The summed E-state index contributed by atoms with van der Waals surface area (Å²) >= 11 is 0. The molecule has 3 atom stereocenters. The molecule has 0 spiro atoms. The number of pyridine rings is 1. The van der Waals surface area contributed by atoms with Gasteiger partial charge in [-0.2, -0.15) is 5.10 Å². The van der Waals surface area contributed by atoms with E-state index < -0.39 is 0 Å². The van der Waals surface area contributed by atoms with E-state index in [1.54, 1.807) is 4.68 Å². The number of carbonyl (C=O) groups is 1. The van der Waals surface area contributed by atoms with Crippen molar-refractivity contribution in [1.82, 2.24) is 19.7 Å². The smallest absolute Gasteiger partial charge is 0.254 e. The van der Waals surface area contributed by atoms with E-state index in [1.807, 2.05) is 55.3 Å². The molecule has 2 fully saturated rings. The molecule has 7 heteroatoms. The monoisotopic (exact) mass is 411 g/mol. The molecule has 1 saturated heterocycles. The second-order valence-corrected chi connectivity index (χ2v) is 8.20. The molecule has 1 aromatic carbocycles. The van der Waals surface area contributed by atoms with Crippen LogP contribution in [0.25, 0.3) is 22.3 Å². The highest BCUT2D eigenvalue weighted by atomic mass is 35.5. The van der Waals surface area contributed by atoms with Crippen molar-refractivity contribution < 1.29 is 4.79 Å². The van der Waals surface area contributed by atoms with Crippen molar-refractivity contribution in [3.8, 4) is 11.3 Å². The summed E-state index contributed by atoms with van der Waals surface area (Å²) in [7, 11) is 1.88. The fourth-order valence-electron chi connectivity index (χ4n) is 5.01. The molecular formula is C22H26ClN5O. The van der Waals surface area contributed by atoms with Gasteiger partial charge in [0.2, 0.25) is 0 Å². The number of hydrogen-bond acceptors (Lipinski definition) is 4. The fourth-order valence-corrected chi connectivity index (χ4v) is 5.01. The number of halogens is 1. The molecule has 1 aliphatic heterocycles. The maximum absolute atomic E-state index is 13.6. The molecule has 3 aromatic rings. The molecule has 29 heavy (non-hydrogen) atoms. The largest absolute Gasteiger partial charge is 0.338 e. The van der Waals surface area contributed by atoms with E-state index >= 15 is 0 Å². The molecule has 152 valence electrons. The van der Waals surface area contributed by atoms with Crippen LogP contribution in [-0.2, 0) is 7.05 Å². The van der Waals surface area contributed by atoms with Gasteiger partial charge in [-0.25, -0.2) is 4.98 Å². The van der Waals surface area contributed by atoms with E-state index in [-0.39, 0.29) is 24.4 Å². The number of fused-ring (bicyclic) bond motifs is 2. The maximum atomic E-state index is 13.6. The van der Waals surface area contributed by atoms with Gasteiger partial charge >= 0.3 is 0 Å². The van der Waals surface area contributed by atoms with Gasteiger partial charge in [0, 0.05) is 31.7 Å². The normalized spacial score (nSPS) is 23.3. The van der Waals surface area contributed by atoms with Gasteiger partial charge in [-0.3, -0.25) is 9.48 Å². The maximum Gasteiger partial charge on any atom is 0.254 e. The summed E-state index contributed by atoms with van der Waals surface area (Å²) in [5.41, 5.74) is 10.4. The minimum Gasteiger partial charge on any atom is -0.338 e. The van der Waals surface area contributed by atoms with E-state index in [4.69, 9.17) is 10.7 Å². The van der Waals surface area contributed by atoms with Gasteiger partial charge in [0.05, 0.1) is 22.3 Å². The number of amides is 1. The Balaban J connectivity index is 0.00000205. The summed E-state index contributed by atoms with van der Waals surface area (Å²) in [4.78, 5) is 20.4. The van der Waals surface area contributed by atoms with Crippen LogP contribution in [0.15, 0.2) is 36.4 Å². The van der Waals surface area contributed by atoms with Crippen LogP contribution < -0.4 is 5.73 Å². The molecule has 2 aliphatic rings. The molecular weight excluding hydrogens is 386 g/mol. The quantitative estimate of drug-likeness (QED) is 0.702. The van der Waals surface area contributed by atoms with Crippen LogP contribution >= 0.6 is 12.4 Å². The highest BCUT2D eigenvalue weighted by molar-refractivity contribution is 6.07. The fraction of sp³-hybridized carbons (Fsp3) is 0.409. The zero-order chi connectivity index (χ0) is 19.4. The van der Waals surface area contributed by atoms with Gasteiger partial charge in [-0.1, -0.05) is 30.3 Å². The molecule has 0 radical (unpaired) electrons. The van der Waals surface area contributed by atoms with E-state index in [0.717, 1.165) is 53.9 Å². The lowest BCUT2D eigenvalue weighted by Gasteiger charge is -2.20. The number of nitrogens with zero attached hydrogens (tertiary/aromatic N) is 4. The van der Waals surface area contributed by atoms with Gasteiger partial charge in [0.25, 0.3) is 5.91 Å². The molecule has 3 heterocycles. The molecule has 2 aromatic heterocycles. The minimum absolute atomic E-state index is 0.